The Morgan fingerprint density at radius 2 is 1.86 bits per heavy atom. The van der Waals surface area contributed by atoms with Gasteiger partial charge in [0.15, 0.2) is 5.78 Å². The molecular formula is C17H18N2O2. The van der Waals surface area contributed by atoms with Gasteiger partial charge in [-0.25, -0.2) is 0 Å². The summed E-state index contributed by atoms with van der Waals surface area (Å²) in [6.07, 6.45) is 4.53. The summed E-state index contributed by atoms with van der Waals surface area (Å²) >= 11 is 0. The molecule has 1 aromatic carbocycles. The minimum absolute atomic E-state index is 0.0148. The lowest BCUT2D eigenvalue weighted by molar-refractivity contribution is -0.116. The Bertz CT molecular complexity index is 606. The number of anilines is 1. The zero-order valence-electron chi connectivity index (χ0n) is 12.0. The van der Waals surface area contributed by atoms with Crippen LogP contribution in [0.2, 0.25) is 0 Å². The van der Waals surface area contributed by atoms with Gasteiger partial charge in [-0.15, -0.1) is 0 Å². The highest BCUT2D eigenvalue weighted by Crippen LogP contribution is 2.10. The lowest BCUT2D eigenvalue weighted by atomic mass is 10.0. The van der Waals surface area contributed by atoms with Crippen molar-refractivity contribution in [2.75, 3.05) is 5.32 Å². The van der Waals surface area contributed by atoms with Gasteiger partial charge in [0.1, 0.15) is 0 Å². The molecule has 0 aliphatic carbocycles. The first kappa shape index (κ1) is 14.9. The second-order valence-electron chi connectivity index (χ2n) is 4.76. The molecule has 0 atom stereocenters. The third-order valence-corrected chi connectivity index (χ3v) is 3.21. The van der Waals surface area contributed by atoms with E-state index in [0.29, 0.717) is 11.3 Å². The third kappa shape index (κ3) is 4.53. The highest BCUT2D eigenvalue weighted by molar-refractivity contribution is 5.99. The number of nitrogens with one attached hydrogen (secondary N) is 1. The number of Topliss-reactive ketones (excluding diaryl/α,β-unsaturated/α-hetero) is 1. The summed E-state index contributed by atoms with van der Waals surface area (Å²) in [5.74, 6) is -0.194. The number of rotatable bonds is 6. The summed E-state index contributed by atoms with van der Waals surface area (Å²) in [5.41, 5.74) is 2.49. The van der Waals surface area contributed by atoms with Gasteiger partial charge in [0.2, 0.25) is 5.91 Å². The van der Waals surface area contributed by atoms with Gasteiger partial charge >= 0.3 is 0 Å². The number of hydrogen-bond acceptors (Lipinski definition) is 3. The third-order valence-electron chi connectivity index (χ3n) is 3.21. The minimum Gasteiger partial charge on any atom is -0.325 e. The number of aromatic nitrogens is 1. The zero-order valence-corrected chi connectivity index (χ0v) is 12.0. The molecule has 21 heavy (non-hydrogen) atoms. The number of benzene rings is 1. The molecule has 1 aromatic heterocycles. The van der Waals surface area contributed by atoms with Gasteiger partial charge in [-0.2, -0.15) is 0 Å². The van der Waals surface area contributed by atoms with Gasteiger partial charge in [0.25, 0.3) is 0 Å². The van der Waals surface area contributed by atoms with E-state index in [1.54, 1.807) is 24.5 Å². The van der Waals surface area contributed by atoms with E-state index in [9.17, 15) is 9.59 Å². The fraction of sp³-hybridized carbons (Fsp3) is 0.235. The Hall–Kier alpha value is -2.49. The largest absolute Gasteiger partial charge is 0.325 e. The van der Waals surface area contributed by atoms with Crippen LogP contribution in [0.3, 0.4) is 0 Å². The smallest absolute Gasteiger partial charge is 0.224 e. The van der Waals surface area contributed by atoms with E-state index in [1.165, 1.54) is 5.56 Å². The van der Waals surface area contributed by atoms with Crippen molar-refractivity contribution in [3.63, 3.8) is 0 Å². The molecule has 0 radical (unpaired) electrons. The van der Waals surface area contributed by atoms with Gasteiger partial charge in [-0.1, -0.05) is 31.2 Å². The Kier molecular flexibility index (Phi) is 5.21. The topological polar surface area (TPSA) is 59.1 Å². The van der Waals surface area contributed by atoms with Gasteiger partial charge in [-0.05, 0) is 24.1 Å². The molecule has 0 aliphatic rings. The molecule has 0 fully saturated rings. The minimum atomic E-state index is -0.179. The molecule has 1 amide bonds. The van der Waals surface area contributed by atoms with Crippen LogP contribution < -0.4 is 5.32 Å². The number of amides is 1. The highest BCUT2D eigenvalue weighted by Gasteiger charge is 2.09. The normalized spacial score (nSPS) is 10.1. The Morgan fingerprint density at radius 1 is 1.10 bits per heavy atom. The molecule has 0 spiro atoms. The first-order chi connectivity index (χ1) is 10.2. The van der Waals surface area contributed by atoms with E-state index in [1.807, 2.05) is 24.3 Å². The van der Waals surface area contributed by atoms with Crippen LogP contribution in [0.25, 0.3) is 0 Å². The maximum atomic E-state index is 12.0. The molecule has 2 aromatic rings. The summed E-state index contributed by atoms with van der Waals surface area (Å²) in [4.78, 5) is 27.7. The quantitative estimate of drug-likeness (QED) is 0.827. The number of pyridine rings is 1. The van der Waals surface area contributed by atoms with Crippen molar-refractivity contribution in [3.05, 3.63) is 59.9 Å². The molecule has 1 N–H and O–H groups in total. The second kappa shape index (κ2) is 7.33. The molecule has 4 nitrogen and oxygen atoms in total. The first-order valence-electron chi connectivity index (χ1n) is 7.01. The van der Waals surface area contributed by atoms with E-state index in [2.05, 4.69) is 17.2 Å². The van der Waals surface area contributed by atoms with Crippen molar-refractivity contribution in [3.8, 4) is 0 Å². The fourth-order valence-corrected chi connectivity index (χ4v) is 1.96. The Labute approximate surface area is 124 Å². The Morgan fingerprint density at radius 3 is 2.48 bits per heavy atom. The van der Waals surface area contributed by atoms with Crippen LogP contribution in [0.4, 0.5) is 5.69 Å². The van der Waals surface area contributed by atoms with E-state index in [-0.39, 0.29) is 24.5 Å². The lowest BCUT2D eigenvalue weighted by Crippen LogP contribution is -2.13. The molecule has 1 heterocycles. The van der Waals surface area contributed by atoms with E-state index in [4.69, 9.17) is 0 Å². The predicted octanol–water partition coefficient (Wildman–Crippen LogP) is 3.25. The Balaban J connectivity index is 1.84. The van der Waals surface area contributed by atoms with Crippen molar-refractivity contribution in [2.45, 2.75) is 26.2 Å². The van der Waals surface area contributed by atoms with E-state index in [0.717, 1.165) is 6.42 Å². The number of nitrogens with zero attached hydrogens (tertiary/aromatic N) is 1. The standard InChI is InChI=1S/C17H18N2O2/c1-2-13-5-7-14(8-6-13)16(20)9-10-17(21)19-15-4-3-11-18-12-15/h3-8,11-12H,2,9-10H2,1H3,(H,19,21). The second-order valence-corrected chi connectivity index (χ2v) is 4.76. The van der Waals surface area contributed by atoms with Crippen LogP contribution in [-0.4, -0.2) is 16.7 Å². The van der Waals surface area contributed by atoms with Crippen LogP contribution >= 0.6 is 0 Å². The van der Waals surface area contributed by atoms with Crippen molar-refractivity contribution >= 4 is 17.4 Å². The maximum absolute atomic E-state index is 12.0. The molecule has 2 rings (SSSR count). The lowest BCUT2D eigenvalue weighted by Gasteiger charge is -2.05. The predicted molar refractivity (Wildman–Crippen MR) is 82.3 cm³/mol. The zero-order chi connectivity index (χ0) is 15.1. The number of ketones is 1. The molecule has 0 saturated heterocycles. The summed E-state index contributed by atoms with van der Waals surface area (Å²) in [6, 6.07) is 11.0. The van der Waals surface area contributed by atoms with Crippen molar-refractivity contribution in [2.24, 2.45) is 0 Å². The number of carbonyl (C=O) groups is 2. The van der Waals surface area contributed by atoms with Gasteiger partial charge in [-0.3, -0.25) is 14.6 Å². The van der Waals surface area contributed by atoms with Crippen molar-refractivity contribution in [1.82, 2.24) is 4.98 Å². The molecule has 108 valence electrons. The van der Waals surface area contributed by atoms with E-state index >= 15 is 0 Å². The molecule has 4 heteroatoms. The molecule has 0 aliphatic heterocycles. The number of hydrogen-bond donors (Lipinski definition) is 1. The van der Waals surface area contributed by atoms with Crippen LogP contribution in [0.1, 0.15) is 35.7 Å². The number of aryl methyl sites for hydroxylation is 1. The van der Waals surface area contributed by atoms with Gasteiger partial charge < -0.3 is 5.32 Å². The van der Waals surface area contributed by atoms with Crippen LogP contribution in [0, 0.1) is 0 Å². The van der Waals surface area contributed by atoms with Crippen LogP contribution in [-0.2, 0) is 11.2 Å². The average molecular weight is 282 g/mol. The maximum Gasteiger partial charge on any atom is 0.224 e. The van der Waals surface area contributed by atoms with Gasteiger partial charge in [0, 0.05) is 24.6 Å². The summed E-state index contributed by atoms with van der Waals surface area (Å²) in [5, 5.41) is 2.71. The molecule has 0 unspecified atom stereocenters. The summed E-state index contributed by atoms with van der Waals surface area (Å²) in [7, 11) is 0. The molecule has 0 bridgehead atoms. The highest BCUT2D eigenvalue weighted by atomic mass is 16.2. The van der Waals surface area contributed by atoms with E-state index < -0.39 is 0 Å². The SMILES string of the molecule is CCc1ccc(C(=O)CCC(=O)Nc2cccnc2)cc1. The first-order valence-corrected chi connectivity index (χ1v) is 7.01. The summed E-state index contributed by atoms with van der Waals surface area (Å²) < 4.78 is 0. The average Bonchev–Trinajstić information content (AvgIpc) is 2.53. The van der Waals surface area contributed by atoms with Crippen LogP contribution in [0.5, 0.6) is 0 Å². The van der Waals surface area contributed by atoms with Crippen molar-refractivity contribution in [1.29, 1.82) is 0 Å². The monoisotopic (exact) mass is 282 g/mol. The fourth-order valence-electron chi connectivity index (χ4n) is 1.96. The molecular weight excluding hydrogens is 264 g/mol. The van der Waals surface area contributed by atoms with Crippen molar-refractivity contribution < 1.29 is 9.59 Å². The van der Waals surface area contributed by atoms with Crippen LogP contribution in [0.15, 0.2) is 48.8 Å². The summed E-state index contributed by atoms with van der Waals surface area (Å²) in [6.45, 7) is 2.07. The van der Waals surface area contributed by atoms with Gasteiger partial charge in [0.05, 0.1) is 11.9 Å². The number of carbonyl (C=O) groups excluding carboxylic acids is 2. The molecule has 0 saturated carbocycles.